The summed E-state index contributed by atoms with van der Waals surface area (Å²) in [5.41, 5.74) is 1.23. The Hall–Kier alpha value is -1.18. The van der Waals surface area contributed by atoms with Gasteiger partial charge in [-0.05, 0) is 30.5 Å². The Morgan fingerprint density at radius 3 is 2.57 bits per heavy atom. The number of aliphatic imine (C=N–C) groups is 1. The van der Waals surface area contributed by atoms with Crippen molar-refractivity contribution in [3.8, 4) is 11.5 Å². The Morgan fingerprint density at radius 1 is 1.09 bits per heavy atom. The summed E-state index contributed by atoms with van der Waals surface area (Å²) >= 11 is 0. The van der Waals surface area contributed by atoms with Crippen LogP contribution in [-0.2, 0) is 6.42 Å². The standard InChI is InChI=1S/C17H27N3O2.HI/c1-3-4-5-9-19-17(18-2)20-10-8-14-6-7-15-16(13-14)22-12-11-21-15;/h6-7,13H,3-5,8-12H2,1-2H3,(H2,18,19,20);1H. The highest BCUT2D eigenvalue weighted by molar-refractivity contribution is 14.0. The molecule has 5 nitrogen and oxygen atoms in total. The smallest absolute Gasteiger partial charge is 0.190 e. The number of halogens is 1. The number of guanidine groups is 1. The number of hydrogen-bond acceptors (Lipinski definition) is 3. The van der Waals surface area contributed by atoms with Crippen LogP contribution in [0.4, 0.5) is 0 Å². The second-order valence-electron chi connectivity index (χ2n) is 5.36. The topological polar surface area (TPSA) is 54.9 Å². The molecule has 0 aliphatic carbocycles. The van der Waals surface area contributed by atoms with Crippen LogP contribution in [0.3, 0.4) is 0 Å². The van der Waals surface area contributed by atoms with Crippen LogP contribution >= 0.6 is 24.0 Å². The zero-order valence-electron chi connectivity index (χ0n) is 14.1. The predicted molar refractivity (Wildman–Crippen MR) is 105 cm³/mol. The third kappa shape index (κ3) is 6.85. The van der Waals surface area contributed by atoms with Gasteiger partial charge in [0.2, 0.25) is 0 Å². The molecule has 0 saturated heterocycles. The van der Waals surface area contributed by atoms with Gasteiger partial charge in [0.15, 0.2) is 17.5 Å². The van der Waals surface area contributed by atoms with Gasteiger partial charge in [-0.25, -0.2) is 0 Å². The minimum absolute atomic E-state index is 0. The monoisotopic (exact) mass is 433 g/mol. The molecule has 6 heteroatoms. The van der Waals surface area contributed by atoms with Crippen LogP contribution in [0.1, 0.15) is 31.7 Å². The largest absolute Gasteiger partial charge is 0.486 e. The minimum atomic E-state index is 0. The molecule has 0 spiro atoms. The first-order valence-electron chi connectivity index (χ1n) is 8.16. The van der Waals surface area contributed by atoms with E-state index >= 15 is 0 Å². The molecule has 1 aliphatic rings. The molecule has 2 rings (SSSR count). The predicted octanol–water partition coefficient (Wildman–Crippen LogP) is 2.97. The molecule has 0 saturated carbocycles. The first kappa shape index (κ1) is 19.9. The van der Waals surface area contributed by atoms with Crippen LogP contribution in [-0.4, -0.2) is 39.3 Å². The van der Waals surface area contributed by atoms with Gasteiger partial charge >= 0.3 is 0 Å². The molecule has 1 aliphatic heterocycles. The molecule has 0 fully saturated rings. The fraction of sp³-hybridized carbons (Fsp3) is 0.588. The first-order chi connectivity index (χ1) is 10.8. The normalized spacial score (nSPS) is 13.2. The molecule has 2 N–H and O–H groups in total. The fourth-order valence-corrected chi connectivity index (χ4v) is 2.37. The van der Waals surface area contributed by atoms with Crippen molar-refractivity contribution in [3.63, 3.8) is 0 Å². The average molecular weight is 433 g/mol. The number of ether oxygens (including phenoxy) is 2. The van der Waals surface area contributed by atoms with E-state index in [1.165, 1.54) is 24.8 Å². The van der Waals surface area contributed by atoms with E-state index in [0.29, 0.717) is 13.2 Å². The Morgan fingerprint density at radius 2 is 1.83 bits per heavy atom. The van der Waals surface area contributed by atoms with Crippen LogP contribution in [0.5, 0.6) is 11.5 Å². The number of unbranched alkanes of at least 4 members (excludes halogenated alkanes) is 2. The maximum atomic E-state index is 5.61. The van der Waals surface area contributed by atoms with Gasteiger partial charge in [0, 0.05) is 20.1 Å². The number of benzene rings is 1. The van der Waals surface area contributed by atoms with Crippen molar-refractivity contribution in [1.29, 1.82) is 0 Å². The van der Waals surface area contributed by atoms with Crippen molar-refractivity contribution in [2.45, 2.75) is 32.6 Å². The highest BCUT2D eigenvalue weighted by atomic mass is 127. The van der Waals surface area contributed by atoms with Gasteiger partial charge in [0.25, 0.3) is 0 Å². The summed E-state index contributed by atoms with van der Waals surface area (Å²) in [7, 11) is 1.80. The summed E-state index contributed by atoms with van der Waals surface area (Å²) in [6.07, 6.45) is 4.59. The van der Waals surface area contributed by atoms with Gasteiger partial charge < -0.3 is 20.1 Å². The molecule has 0 bridgehead atoms. The molecule has 0 aromatic heterocycles. The Labute approximate surface area is 156 Å². The second-order valence-corrected chi connectivity index (χ2v) is 5.36. The zero-order valence-corrected chi connectivity index (χ0v) is 16.4. The lowest BCUT2D eigenvalue weighted by Gasteiger charge is -2.19. The Kier molecular flexibility index (Phi) is 9.82. The number of fused-ring (bicyclic) bond motifs is 1. The van der Waals surface area contributed by atoms with E-state index in [1.807, 2.05) is 6.07 Å². The SMILES string of the molecule is CCCCCNC(=NC)NCCc1ccc2c(c1)OCCO2.I. The lowest BCUT2D eigenvalue weighted by atomic mass is 10.1. The lowest BCUT2D eigenvalue weighted by Crippen LogP contribution is -2.38. The van der Waals surface area contributed by atoms with Crippen LogP contribution in [0.2, 0.25) is 0 Å². The summed E-state index contributed by atoms with van der Waals surface area (Å²) < 4.78 is 11.1. The molecule has 1 heterocycles. The molecular formula is C17H28IN3O2. The highest BCUT2D eigenvalue weighted by Gasteiger charge is 2.11. The van der Waals surface area contributed by atoms with Crippen molar-refractivity contribution >= 4 is 29.9 Å². The van der Waals surface area contributed by atoms with Crippen molar-refractivity contribution in [3.05, 3.63) is 23.8 Å². The van der Waals surface area contributed by atoms with E-state index in [4.69, 9.17) is 9.47 Å². The van der Waals surface area contributed by atoms with E-state index in [1.54, 1.807) is 7.05 Å². The van der Waals surface area contributed by atoms with Crippen LogP contribution < -0.4 is 20.1 Å². The molecule has 130 valence electrons. The maximum Gasteiger partial charge on any atom is 0.190 e. The molecule has 0 atom stereocenters. The van der Waals surface area contributed by atoms with Crippen molar-refractivity contribution < 1.29 is 9.47 Å². The number of nitrogens with zero attached hydrogens (tertiary/aromatic N) is 1. The van der Waals surface area contributed by atoms with Crippen LogP contribution in [0.25, 0.3) is 0 Å². The van der Waals surface area contributed by atoms with Crippen LogP contribution in [0, 0.1) is 0 Å². The highest BCUT2D eigenvalue weighted by Crippen LogP contribution is 2.30. The third-order valence-electron chi connectivity index (χ3n) is 3.61. The molecular weight excluding hydrogens is 405 g/mol. The zero-order chi connectivity index (χ0) is 15.6. The third-order valence-corrected chi connectivity index (χ3v) is 3.61. The van der Waals surface area contributed by atoms with E-state index in [0.717, 1.165) is 37.0 Å². The van der Waals surface area contributed by atoms with Crippen molar-refractivity contribution in [1.82, 2.24) is 10.6 Å². The molecule has 1 aromatic rings. The number of rotatable bonds is 7. The fourth-order valence-electron chi connectivity index (χ4n) is 2.37. The second kappa shape index (κ2) is 11.4. The van der Waals surface area contributed by atoms with E-state index < -0.39 is 0 Å². The molecule has 0 unspecified atom stereocenters. The molecule has 1 aromatic carbocycles. The molecule has 23 heavy (non-hydrogen) atoms. The summed E-state index contributed by atoms with van der Waals surface area (Å²) in [6, 6.07) is 6.14. The first-order valence-corrected chi connectivity index (χ1v) is 8.16. The summed E-state index contributed by atoms with van der Waals surface area (Å²) in [4.78, 5) is 4.24. The Bertz CT molecular complexity index is 495. The van der Waals surface area contributed by atoms with Gasteiger partial charge in [-0.1, -0.05) is 25.8 Å². The van der Waals surface area contributed by atoms with E-state index in [2.05, 4.69) is 34.7 Å². The van der Waals surface area contributed by atoms with Crippen molar-refractivity contribution in [2.75, 3.05) is 33.4 Å². The van der Waals surface area contributed by atoms with Gasteiger partial charge in [0.05, 0.1) is 0 Å². The van der Waals surface area contributed by atoms with Crippen LogP contribution in [0.15, 0.2) is 23.2 Å². The van der Waals surface area contributed by atoms with Gasteiger partial charge in [-0.3, -0.25) is 4.99 Å². The summed E-state index contributed by atoms with van der Waals surface area (Å²) in [5, 5.41) is 6.68. The van der Waals surface area contributed by atoms with Gasteiger partial charge in [0.1, 0.15) is 13.2 Å². The summed E-state index contributed by atoms with van der Waals surface area (Å²) in [6.45, 7) is 5.28. The van der Waals surface area contributed by atoms with E-state index in [-0.39, 0.29) is 24.0 Å². The van der Waals surface area contributed by atoms with Crippen molar-refractivity contribution in [2.24, 2.45) is 4.99 Å². The lowest BCUT2D eigenvalue weighted by molar-refractivity contribution is 0.171. The minimum Gasteiger partial charge on any atom is -0.486 e. The Balaban J connectivity index is 0.00000264. The van der Waals surface area contributed by atoms with Gasteiger partial charge in [-0.15, -0.1) is 24.0 Å². The quantitative estimate of drug-likeness (QED) is 0.301. The number of hydrogen-bond donors (Lipinski definition) is 2. The van der Waals surface area contributed by atoms with E-state index in [9.17, 15) is 0 Å². The molecule has 0 amide bonds. The molecule has 0 radical (unpaired) electrons. The summed E-state index contributed by atoms with van der Waals surface area (Å²) in [5.74, 6) is 2.57. The maximum absolute atomic E-state index is 5.61. The average Bonchev–Trinajstić information content (AvgIpc) is 2.57. The number of nitrogens with one attached hydrogen (secondary N) is 2. The van der Waals surface area contributed by atoms with Gasteiger partial charge in [-0.2, -0.15) is 0 Å².